The molecule has 0 atom stereocenters. The Kier molecular flexibility index (Phi) is 3.07. The molecular formula is C15H24N2. The SMILES string of the molecule is CCC1(CC)CN(c2c(C)ccc(N)c2C)C1. The lowest BCUT2D eigenvalue weighted by Gasteiger charge is -2.52. The standard InChI is InChI=1S/C15H24N2/c1-5-15(6-2)9-17(10-15)14-11(3)7-8-13(16)12(14)4/h7-8H,5-6,9-10,16H2,1-4H3. The van der Waals surface area contributed by atoms with Crippen LogP contribution in [0.4, 0.5) is 11.4 Å². The van der Waals surface area contributed by atoms with Gasteiger partial charge in [-0.05, 0) is 43.9 Å². The molecule has 1 aromatic carbocycles. The fraction of sp³-hybridized carbons (Fsp3) is 0.600. The summed E-state index contributed by atoms with van der Waals surface area (Å²) >= 11 is 0. The highest BCUT2D eigenvalue weighted by molar-refractivity contribution is 5.69. The zero-order chi connectivity index (χ0) is 12.6. The van der Waals surface area contributed by atoms with E-state index in [0.29, 0.717) is 5.41 Å². The number of nitrogen functional groups attached to an aromatic ring is 1. The summed E-state index contributed by atoms with van der Waals surface area (Å²) in [5.74, 6) is 0. The Morgan fingerprint density at radius 1 is 1.18 bits per heavy atom. The van der Waals surface area contributed by atoms with Gasteiger partial charge in [-0.3, -0.25) is 0 Å². The number of nitrogens with two attached hydrogens (primary N) is 1. The zero-order valence-corrected chi connectivity index (χ0v) is 11.5. The van der Waals surface area contributed by atoms with E-state index in [9.17, 15) is 0 Å². The third kappa shape index (κ3) is 1.90. The highest BCUT2D eigenvalue weighted by atomic mass is 15.2. The van der Waals surface area contributed by atoms with Crippen LogP contribution in [0.3, 0.4) is 0 Å². The van der Waals surface area contributed by atoms with Gasteiger partial charge in [-0.25, -0.2) is 0 Å². The average molecular weight is 232 g/mol. The van der Waals surface area contributed by atoms with Crippen molar-refractivity contribution in [3.05, 3.63) is 23.3 Å². The van der Waals surface area contributed by atoms with E-state index in [0.717, 1.165) is 5.69 Å². The Morgan fingerprint density at radius 3 is 2.29 bits per heavy atom. The Morgan fingerprint density at radius 2 is 1.76 bits per heavy atom. The second-order valence-electron chi connectivity index (χ2n) is 5.51. The molecule has 0 amide bonds. The first kappa shape index (κ1) is 12.3. The second-order valence-corrected chi connectivity index (χ2v) is 5.51. The van der Waals surface area contributed by atoms with E-state index in [4.69, 9.17) is 5.73 Å². The molecule has 0 saturated carbocycles. The number of anilines is 2. The molecule has 1 fully saturated rings. The highest BCUT2D eigenvalue weighted by Gasteiger charge is 2.40. The van der Waals surface area contributed by atoms with Crippen LogP contribution in [0.15, 0.2) is 12.1 Å². The molecule has 1 aliphatic rings. The molecule has 2 nitrogen and oxygen atoms in total. The predicted octanol–water partition coefficient (Wildman–Crippen LogP) is 3.51. The molecule has 2 heteroatoms. The quantitative estimate of drug-likeness (QED) is 0.808. The fourth-order valence-electron chi connectivity index (χ4n) is 2.96. The van der Waals surface area contributed by atoms with E-state index in [1.165, 1.54) is 42.7 Å². The van der Waals surface area contributed by atoms with Crippen LogP contribution in [0, 0.1) is 19.3 Å². The van der Waals surface area contributed by atoms with Crippen molar-refractivity contribution in [1.82, 2.24) is 0 Å². The topological polar surface area (TPSA) is 29.3 Å². The lowest BCUT2D eigenvalue weighted by atomic mass is 9.74. The maximum atomic E-state index is 6.01. The fourth-order valence-corrected chi connectivity index (χ4v) is 2.96. The van der Waals surface area contributed by atoms with Crippen LogP contribution in [-0.2, 0) is 0 Å². The number of rotatable bonds is 3. The molecule has 0 spiro atoms. The first-order valence-corrected chi connectivity index (χ1v) is 6.63. The van der Waals surface area contributed by atoms with Crippen molar-refractivity contribution in [3.63, 3.8) is 0 Å². The smallest absolute Gasteiger partial charge is 0.0446 e. The van der Waals surface area contributed by atoms with E-state index in [2.05, 4.69) is 38.7 Å². The van der Waals surface area contributed by atoms with Crippen molar-refractivity contribution >= 4 is 11.4 Å². The molecule has 0 radical (unpaired) electrons. The van der Waals surface area contributed by atoms with Gasteiger partial charge in [-0.15, -0.1) is 0 Å². The zero-order valence-electron chi connectivity index (χ0n) is 11.5. The molecule has 1 aromatic rings. The van der Waals surface area contributed by atoms with Crippen LogP contribution < -0.4 is 10.6 Å². The molecule has 17 heavy (non-hydrogen) atoms. The summed E-state index contributed by atoms with van der Waals surface area (Å²) in [4.78, 5) is 2.49. The Hall–Kier alpha value is -1.18. The van der Waals surface area contributed by atoms with Gasteiger partial charge in [-0.1, -0.05) is 19.9 Å². The van der Waals surface area contributed by atoms with Crippen molar-refractivity contribution in [2.24, 2.45) is 5.41 Å². The number of benzene rings is 1. The molecule has 1 saturated heterocycles. The Bertz CT molecular complexity index is 411. The molecular weight excluding hydrogens is 208 g/mol. The van der Waals surface area contributed by atoms with Gasteiger partial charge in [-0.2, -0.15) is 0 Å². The summed E-state index contributed by atoms with van der Waals surface area (Å²) in [7, 11) is 0. The second kappa shape index (κ2) is 4.25. The van der Waals surface area contributed by atoms with Gasteiger partial charge in [0.15, 0.2) is 0 Å². The van der Waals surface area contributed by atoms with Crippen molar-refractivity contribution < 1.29 is 0 Å². The molecule has 0 aromatic heterocycles. The number of nitrogens with zero attached hydrogens (tertiary/aromatic N) is 1. The molecule has 0 aliphatic carbocycles. The van der Waals surface area contributed by atoms with Gasteiger partial charge in [0, 0.05) is 29.9 Å². The molecule has 0 bridgehead atoms. The molecule has 2 N–H and O–H groups in total. The van der Waals surface area contributed by atoms with Crippen molar-refractivity contribution in [2.45, 2.75) is 40.5 Å². The summed E-state index contributed by atoms with van der Waals surface area (Å²) < 4.78 is 0. The van der Waals surface area contributed by atoms with Gasteiger partial charge in [0.25, 0.3) is 0 Å². The number of hydrogen-bond donors (Lipinski definition) is 1. The van der Waals surface area contributed by atoms with Gasteiger partial charge < -0.3 is 10.6 Å². The van der Waals surface area contributed by atoms with E-state index >= 15 is 0 Å². The minimum Gasteiger partial charge on any atom is -0.398 e. The molecule has 1 heterocycles. The van der Waals surface area contributed by atoms with Crippen LogP contribution in [0.1, 0.15) is 37.8 Å². The lowest BCUT2D eigenvalue weighted by molar-refractivity contribution is 0.194. The average Bonchev–Trinajstić information content (AvgIpc) is 2.27. The third-order valence-corrected chi connectivity index (χ3v) is 4.54. The summed E-state index contributed by atoms with van der Waals surface area (Å²) in [6.45, 7) is 11.3. The first-order chi connectivity index (χ1) is 8.03. The lowest BCUT2D eigenvalue weighted by Crippen LogP contribution is -2.56. The first-order valence-electron chi connectivity index (χ1n) is 6.63. The monoisotopic (exact) mass is 232 g/mol. The number of aryl methyl sites for hydroxylation is 1. The Labute approximate surface area is 105 Å². The van der Waals surface area contributed by atoms with E-state index in [-0.39, 0.29) is 0 Å². The van der Waals surface area contributed by atoms with Crippen molar-refractivity contribution in [2.75, 3.05) is 23.7 Å². The summed E-state index contributed by atoms with van der Waals surface area (Å²) in [6, 6.07) is 4.15. The van der Waals surface area contributed by atoms with Crippen molar-refractivity contribution in [1.29, 1.82) is 0 Å². The maximum Gasteiger partial charge on any atom is 0.0446 e. The molecule has 2 rings (SSSR count). The molecule has 94 valence electrons. The largest absolute Gasteiger partial charge is 0.398 e. The summed E-state index contributed by atoms with van der Waals surface area (Å²) in [6.07, 6.45) is 2.56. The predicted molar refractivity (Wildman–Crippen MR) is 75.6 cm³/mol. The van der Waals surface area contributed by atoms with E-state index in [1.807, 2.05) is 6.07 Å². The van der Waals surface area contributed by atoms with Crippen LogP contribution in [0.5, 0.6) is 0 Å². The minimum absolute atomic E-state index is 0.545. The van der Waals surface area contributed by atoms with Gasteiger partial charge in [0.05, 0.1) is 0 Å². The highest BCUT2D eigenvalue weighted by Crippen LogP contribution is 2.42. The normalized spacial score (nSPS) is 18.0. The minimum atomic E-state index is 0.545. The summed E-state index contributed by atoms with van der Waals surface area (Å²) in [5, 5.41) is 0. The molecule has 1 aliphatic heterocycles. The third-order valence-electron chi connectivity index (χ3n) is 4.54. The Balaban J connectivity index is 2.24. The van der Waals surface area contributed by atoms with E-state index < -0.39 is 0 Å². The maximum absolute atomic E-state index is 6.01. The summed E-state index contributed by atoms with van der Waals surface area (Å²) in [5.41, 5.74) is 11.4. The number of hydrogen-bond acceptors (Lipinski definition) is 2. The van der Waals surface area contributed by atoms with Crippen LogP contribution in [0.25, 0.3) is 0 Å². The van der Waals surface area contributed by atoms with Gasteiger partial charge >= 0.3 is 0 Å². The van der Waals surface area contributed by atoms with Gasteiger partial charge in [0.1, 0.15) is 0 Å². The molecule has 0 unspecified atom stereocenters. The van der Waals surface area contributed by atoms with Crippen LogP contribution >= 0.6 is 0 Å². The van der Waals surface area contributed by atoms with Gasteiger partial charge in [0.2, 0.25) is 0 Å². The van der Waals surface area contributed by atoms with Crippen LogP contribution in [0.2, 0.25) is 0 Å². The van der Waals surface area contributed by atoms with E-state index in [1.54, 1.807) is 0 Å². The van der Waals surface area contributed by atoms with Crippen molar-refractivity contribution in [3.8, 4) is 0 Å². The van der Waals surface area contributed by atoms with Crippen LogP contribution in [-0.4, -0.2) is 13.1 Å².